The summed E-state index contributed by atoms with van der Waals surface area (Å²) in [6.45, 7) is 0. The van der Waals surface area contributed by atoms with Crippen LogP contribution in [0.5, 0.6) is 5.75 Å². The van der Waals surface area contributed by atoms with Crippen molar-refractivity contribution < 1.29 is 4.74 Å². The lowest BCUT2D eigenvalue weighted by Crippen LogP contribution is -2.23. The summed E-state index contributed by atoms with van der Waals surface area (Å²) in [5.74, 6) is 1.28. The van der Waals surface area contributed by atoms with Gasteiger partial charge >= 0.3 is 0 Å². The van der Waals surface area contributed by atoms with Crippen molar-refractivity contribution in [1.82, 2.24) is 14.6 Å². The van der Waals surface area contributed by atoms with Crippen molar-refractivity contribution in [2.24, 2.45) is 0 Å². The molecule has 0 unspecified atom stereocenters. The Balaban J connectivity index is 1.76. The zero-order valence-corrected chi connectivity index (χ0v) is 14.7. The first-order valence-corrected chi connectivity index (χ1v) is 8.65. The van der Waals surface area contributed by atoms with Crippen LogP contribution in [0.3, 0.4) is 0 Å². The number of halogens is 1. The predicted octanol–water partition coefficient (Wildman–Crippen LogP) is 3.03. The predicted molar refractivity (Wildman–Crippen MR) is 99.4 cm³/mol. The lowest BCUT2D eigenvalue weighted by molar-refractivity contribution is 0.415. The SMILES string of the molecule is COc1ccc(C=c2sc3nc(-c4ccc(Cl)cc4)nn3c2=O)cc1. The lowest BCUT2D eigenvalue weighted by atomic mass is 10.2. The van der Waals surface area contributed by atoms with Gasteiger partial charge in [-0.3, -0.25) is 4.79 Å². The van der Waals surface area contributed by atoms with E-state index in [1.54, 1.807) is 19.2 Å². The number of ether oxygens (including phenoxy) is 1. The molecule has 0 aliphatic rings. The van der Waals surface area contributed by atoms with Crippen LogP contribution in [0.1, 0.15) is 5.56 Å². The number of rotatable bonds is 3. The number of thiazole rings is 1. The molecule has 0 radical (unpaired) electrons. The summed E-state index contributed by atoms with van der Waals surface area (Å²) in [5, 5.41) is 4.97. The third-order valence-corrected chi connectivity index (χ3v) is 4.91. The summed E-state index contributed by atoms with van der Waals surface area (Å²) in [5.41, 5.74) is 1.56. The number of benzene rings is 2. The van der Waals surface area contributed by atoms with E-state index in [2.05, 4.69) is 10.1 Å². The number of nitrogens with zero attached hydrogens (tertiary/aromatic N) is 3. The molecule has 4 rings (SSSR count). The molecule has 0 aliphatic heterocycles. The first-order valence-electron chi connectivity index (χ1n) is 7.45. The van der Waals surface area contributed by atoms with Crippen LogP contribution in [-0.2, 0) is 0 Å². The van der Waals surface area contributed by atoms with Crippen LogP contribution >= 0.6 is 22.9 Å². The molecule has 0 aliphatic carbocycles. The number of methoxy groups -OCH3 is 1. The first-order chi connectivity index (χ1) is 12.1. The second kappa shape index (κ2) is 6.31. The molecule has 0 amide bonds. The maximum atomic E-state index is 12.5. The molecule has 0 N–H and O–H groups in total. The van der Waals surface area contributed by atoms with Gasteiger partial charge in [0.15, 0.2) is 5.82 Å². The molecule has 0 bridgehead atoms. The summed E-state index contributed by atoms with van der Waals surface area (Å²) >= 11 is 7.20. The van der Waals surface area contributed by atoms with Crippen molar-refractivity contribution in [1.29, 1.82) is 0 Å². The Morgan fingerprint density at radius 2 is 1.84 bits per heavy atom. The van der Waals surface area contributed by atoms with Crippen molar-refractivity contribution in [3.8, 4) is 17.1 Å². The summed E-state index contributed by atoms with van der Waals surface area (Å²) in [4.78, 5) is 17.6. The van der Waals surface area contributed by atoms with Gasteiger partial charge in [-0.25, -0.2) is 0 Å². The van der Waals surface area contributed by atoms with E-state index in [-0.39, 0.29) is 5.56 Å². The van der Waals surface area contributed by atoms with Crippen molar-refractivity contribution in [2.45, 2.75) is 0 Å². The highest BCUT2D eigenvalue weighted by molar-refractivity contribution is 7.15. The third-order valence-electron chi connectivity index (χ3n) is 3.70. The van der Waals surface area contributed by atoms with Gasteiger partial charge in [0.1, 0.15) is 5.75 Å². The molecule has 2 aromatic heterocycles. The molecule has 2 heterocycles. The standard InChI is InChI=1S/C18H12ClN3O2S/c1-24-14-8-2-11(3-9-14)10-15-17(23)22-18(25-15)20-16(21-22)12-4-6-13(19)7-5-12/h2-10H,1H3. The largest absolute Gasteiger partial charge is 0.497 e. The number of hydrogen-bond acceptors (Lipinski definition) is 5. The summed E-state index contributed by atoms with van der Waals surface area (Å²) in [7, 11) is 1.62. The highest BCUT2D eigenvalue weighted by Gasteiger charge is 2.11. The van der Waals surface area contributed by atoms with Gasteiger partial charge in [-0.15, -0.1) is 5.10 Å². The van der Waals surface area contributed by atoms with Crippen LogP contribution in [0.4, 0.5) is 0 Å². The zero-order chi connectivity index (χ0) is 17.4. The highest BCUT2D eigenvalue weighted by Crippen LogP contribution is 2.19. The molecule has 0 fully saturated rings. The molecule has 25 heavy (non-hydrogen) atoms. The maximum Gasteiger partial charge on any atom is 0.291 e. The minimum atomic E-state index is -0.177. The van der Waals surface area contributed by atoms with Crippen LogP contribution < -0.4 is 14.8 Å². The normalized spacial score (nSPS) is 12.0. The quantitative estimate of drug-likeness (QED) is 0.557. The van der Waals surface area contributed by atoms with E-state index in [9.17, 15) is 4.79 Å². The van der Waals surface area contributed by atoms with Crippen molar-refractivity contribution in [2.75, 3.05) is 7.11 Å². The molecule has 0 spiro atoms. The van der Waals surface area contributed by atoms with E-state index in [0.29, 0.717) is 20.3 Å². The Morgan fingerprint density at radius 3 is 2.48 bits per heavy atom. The summed E-state index contributed by atoms with van der Waals surface area (Å²) in [6.07, 6.45) is 1.82. The minimum Gasteiger partial charge on any atom is -0.497 e. The van der Waals surface area contributed by atoms with Gasteiger partial charge in [0.25, 0.3) is 5.56 Å². The molecule has 4 aromatic rings. The fourth-order valence-corrected chi connectivity index (χ4v) is 3.44. The summed E-state index contributed by atoms with van der Waals surface area (Å²) in [6, 6.07) is 14.7. The second-order valence-electron chi connectivity index (χ2n) is 5.33. The molecule has 0 atom stereocenters. The van der Waals surface area contributed by atoms with E-state index in [1.165, 1.54) is 15.9 Å². The van der Waals surface area contributed by atoms with E-state index in [4.69, 9.17) is 16.3 Å². The van der Waals surface area contributed by atoms with Gasteiger partial charge in [0.2, 0.25) is 4.96 Å². The molecular weight excluding hydrogens is 358 g/mol. The van der Waals surface area contributed by atoms with Gasteiger partial charge in [-0.1, -0.05) is 35.1 Å². The molecule has 7 heteroatoms. The third kappa shape index (κ3) is 3.01. The van der Waals surface area contributed by atoms with Gasteiger partial charge in [-0.05, 0) is 48.0 Å². The molecule has 124 valence electrons. The van der Waals surface area contributed by atoms with E-state index < -0.39 is 0 Å². The Morgan fingerprint density at radius 1 is 1.12 bits per heavy atom. The zero-order valence-electron chi connectivity index (χ0n) is 13.1. The van der Waals surface area contributed by atoms with Crippen LogP contribution in [0.15, 0.2) is 53.3 Å². The Labute approximate surface area is 151 Å². The van der Waals surface area contributed by atoms with Crippen molar-refractivity contribution in [3.63, 3.8) is 0 Å². The topological polar surface area (TPSA) is 56.5 Å². The fraction of sp³-hybridized carbons (Fsp3) is 0.0556. The van der Waals surface area contributed by atoms with Crippen molar-refractivity contribution >= 4 is 34.0 Å². The fourth-order valence-electron chi connectivity index (χ4n) is 2.41. The number of hydrogen-bond donors (Lipinski definition) is 0. The Hall–Kier alpha value is -2.70. The lowest BCUT2D eigenvalue weighted by Gasteiger charge is -1.98. The first kappa shape index (κ1) is 15.8. The van der Waals surface area contributed by atoms with Gasteiger partial charge in [-0.2, -0.15) is 9.50 Å². The maximum absolute atomic E-state index is 12.5. The Kier molecular flexibility index (Phi) is 3.99. The average molecular weight is 370 g/mol. The Bertz CT molecular complexity index is 1150. The summed E-state index contributed by atoms with van der Waals surface area (Å²) < 4.78 is 7.06. The minimum absolute atomic E-state index is 0.177. The van der Waals surface area contributed by atoms with Gasteiger partial charge < -0.3 is 4.74 Å². The van der Waals surface area contributed by atoms with Crippen LogP contribution in [-0.4, -0.2) is 21.7 Å². The van der Waals surface area contributed by atoms with Gasteiger partial charge in [0.05, 0.1) is 11.6 Å². The molecule has 0 saturated heterocycles. The van der Waals surface area contributed by atoms with Crippen LogP contribution in [0, 0.1) is 0 Å². The monoisotopic (exact) mass is 369 g/mol. The molecule has 0 saturated carbocycles. The van der Waals surface area contributed by atoms with E-state index >= 15 is 0 Å². The molecular formula is C18H12ClN3O2S. The highest BCUT2D eigenvalue weighted by atomic mass is 35.5. The smallest absolute Gasteiger partial charge is 0.291 e. The average Bonchev–Trinajstić information content (AvgIpc) is 3.16. The second-order valence-corrected chi connectivity index (χ2v) is 6.77. The molecule has 5 nitrogen and oxygen atoms in total. The van der Waals surface area contributed by atoms with Crippen molar-refractivity contribution in [3.05, 3.63) is 74.0 Å². The van der Waals surface area contributed by atoms with Crippen LogP contribution in [0.2, 0.25) is 5.02 Å². The van der Waals surface area contributed by atoms with Crippen LogP contribution in [0.25, 0.3) is 22.4 Å². The van der Waals surface area contributed by atoms with E-state index in [0.717, 1.165) is 16.9 Å². The van der Waals surface area contributed by atoms with E-state index in [1.807, 2.05) is 42.5 Å². The molecule has 2 aromatic carbocycles. The number of fused-ring (bicyclic) bond motifs is 1. The van der Waals surface area contributed by atoms with Gasteiger partial charge in [0, 0.05) is 10.6 Å². The number of aromatic nitrogens is 3.